The molecule has 0 spiro atoms. The van der Waals surface area contributed by atoms with E-state index in [1.165, 1.54) is 11.8 Å². The fourth-order valence-electron chi connectivity index (χ4n) is 0.880. The van der Waals surface area contributed by atoms with Crippen molar-refractivity contribution in [1.82, 2.24) is 10.1 Å². The summed E-state index contributed by atoms with van der Waals surface area (Å²) in [5.74, 6) is 1.88. The maximum absolute atomic E-state index is 10.2. The molecule has 5 nitrogen and oxygen atoms in total. The van der Waals surface area contributed by atoms with Gasteiger partial charge in [0.1, 0.15) is 0 Å². The smallest absolute Gasteiger partial charge is 0.304 e. The van der Waals surface area contributed by atoms with E-state index in [1.807, 2.05) is 13.8 Å². The topological polar surface area (TPSA) is 76.2 Å². The highest BCUT2D eigenvalue weighted by molar-refractivity contribution is 7.98. The fourth-order valence-corrected chi connectivity index (χ4v) is 1.64. The molecule has 0 fully saturated rings. The van der Waals surface area contributed by atoms with E-state index < -0.39 is 5.97 Å². The zero-order valence-electron chi connectivity index (χ0n) is 8.77. The monoisotopic (exact) mass is 230 g/mol. The van der Waals surface area contributed by atoms with E-state index in [1.54, 1.807) is 0 Å². The van der Waals surface area contributed by atoms with E-state index in [0.717, 1.165) is 0 Å². The molecule has 1 N–H and O–H groups in total. The average Bonchev–Trinajstić information content (AvgIpc) is 2.60. The molecule has 0 atom stereocenters. The summed E-state index contributed by atoms with van der Waals surface area (Å²) in [4.78, 5) is 14.4. The number of thioether (sulfide) groups is 1. The molecule has 6 heteroatoms. The Kier molecular flexibility index (Phi) is 4.61. The summed E-state index contributed by atoms with van der Waals surface area (Å²) in [7, 11) is 0. The predicted octanol–water partition coefficient (Wildman–Crippen LogP) is 1.90. The Hall–Kier alpha value is -1.04. The van der Waals surface area contributed by atoms with Crippen molar-refractivity contribution in [3.05, 3.63) is 11.7 Å². The van der Waals surface area contributed by atoms with Gasteiger partial charge >= 0.3 is 5.97 Å². The van der Waals surface area contributed by atoms with Crippen LogP contribution in [0.3, 0.4) is 0 Å². The van der Waals surface area contributed by atoms with Crippen molar-refractivity contribution in [2.45, 2.75) is 31.9 Å². The van der Waals surface area contributed by atoms with Crippen molar-refractivity contribution in [3.8, 4) is 0 Å². The lowest BCUT2D eigenvalue weighted by atomic mass is 10.2. The van der Waals surface area contributed by atoms with Crippen LogP contribution in [0, 0.1) is 0 Å². The lowest BCUT2D eigenvalue weighted by Gasteiger charge is -1.94. The summed E-state index contributed by atoms with van der Waals surface area (Å²) >= 11 is 1.48. The van der Waals surface area contributed by atoms with E-state index >= 15 is 0 Å². The van der Waals surface area contributed by atoms with Gasteiger partial charge in [-0.05, 0) is 0 Å². The molecule has 0 aromatic carbocycles. The van der Waals surface area contributed by atoms with Gasteiger partial charge in [0.25, 0.3) is 0 Å². The Morgan fingerprint density at radius 2 is 2.33 bits per heavy atom. The van der Waals surface area contributed by atoms with Crippen LogP contribution in [-0.2, 0) is 10.5 Å². The van der Waals surface area contributed by atoms with Crippen LogP contribution in [0.4, 0.5) is 0 Å². The molecule has 1 aromatic heterocycles. The number of aromatic nitrogens is 2. The molecule has 0 amide bonds. The second kappa shape index (κ2) is 5.75. The van der Waals surface area contributed by atoms with Gasteiger partial charge in [-0.1, -0.05) is 19.0 Å². The van der Waals surface area contributed by atoms with E-state index in [9.17, 15) is 4.79 Å². The maximum atomic E-state index is 10.2. The first kappa shape index (κ1) is 12.0. The van der Waals surface area contributed by atoms with Crippen LogP contribution in [0.5, 0.6) is 0 Å². The SMILES string of the molecule is CC(C)c1noc(CSCCC(=O)O)n1. The summed E-state index contributed by atoms with van der Waals surface area (Å²) in [6, 6.07) is 0. The first-order valence-electron chi connectivity index (χ1n) is 4.71. The molecule has 0 radical (unpaired) electrons. The Bertz CT molecular complexity index is 325. The number of carboxylic acids is 1. The zero-order valence-corrected chi connectivity index (χ0v) is 9.58. The van der Waals surface area contributed by atoms with Crippen molar-refractivity contribution in [2.75, 3.05) is 5.75 Å². The van der Waals surface area contributed by atoms with E-state index in [2.05, 4.69) is 10.1 Å². The Balaban J connectivity index is 2.28. The molecule has 1 rings (SSSR count). The lowest BCUT2D eigenvalue weighted by Crippen LogP contribution is -1.96. The van der Waals surface area contributed by atoms with Gasteiger partial charge < -0.3 is 9.63 Å². The molecule has 1 aromatic rings. The summed E-state index contributed by atoms with van der Waals surface area (Å²) in [5.41, 5.74) is 0. The first-order valence-corrected chi connectivity index (χ1v) is 5.87. The minimum Gasteiger partial charge on any atom is -0.481 e. The minimum absolute atomic E-state index is 0.163. The van der Waals surface area contributed by atoms with Crippen molar-refractivity contribution in [2.24, 2.45) is 0 Å². The average molecular weight is 230 g/mol. The Morgan fingerprint density at radius 3 is 2.87 bits per heavy atom. The van der Waals surface area contributed by atoms with Crippen LogP contribution in [0.1, 0.15) is 37.9 Å². The molecular weight excluding hydrogens is 216 g/mol. The molecule has 0 unspecified atom stereocenters. The Labute approximate surface area is 92.2 Å². The molecule has 0 saturated heterocycles. The number of carbonyl (C=O) groups is 1. The van der Waals surface area contributed by atoms with E-state index in [-0.39, 0.29) is 12.3 Å². The van der Waals surface area contributed by atoms with Crippen LogP contribution in [0.25, 0.3) is 0 Å². The number of aliphatic carboxylic acids is 1. The molecule has 0 aliphatic carbocycles. The molecule has 84 valence electrons. The van der Waals surface area contributed by atoms with Crippen LogP contribution in [-0.4, -0.2) is 27.0 Å². The largest absolute Gasteiger partial charge is 0.481 e. The van der Waals surface area contributed by atoms with Gasteiger partial charge in [-0.2, -0.15) is 16.7 Å². The third kappa shape index (κ3) is 4.33. The van der Waals surface area contributed by atoms with Gasteiger partial charge in [-0.15, -0.1) is 0 Å². The maximum Gasteiger partial charge on any atom is 0.304 e. The molecule has 0 aliphatic heterocycles. The van der Waals surface area contributed by atoms with Gasteiger partial charge in [0.05, 0.1) is 12.2 Å². The van der Waals surface area contributed by atoms with Crippen molar-refractivity contribution >= 4 is 17.7 Å². The highest BCUT2D eigenvalue weighted by Gasteiger charge is 2.09. The third-order valence-corrected chi connectivity index (χ3v) is 2.63. The van der Waals surface area contributed by atoms with Gasteiger partial charge in [-0.25, -0.2) is 0 Å². The van der Waals surface area contributed by atoms with Crippen molar-refractivity contribution in [3.63, 3.8) is 0 Å². The normalized spacial score (nSPS) is 10.9. The second-order valence-electron chi connectivity index (χ2n) is 3.40. The molecular formula is C9H14N2O3S. The number of hydrogen-bond donors (Lipinski definition) is 1. The van der Waals surface area contributed by atoms with Crippen molar-refractivity contribution in [1.29, 1.82) is 0 Å². The highest BCUT2D eigenvalue weighted by atomic mass is 32.2. The molecule has 0 bridgehead atoms. The quantitative estimate of drug-likeness (QED) is 0.752. The lowest BCUT2D eigenvalue weighted by molar-refractivity contribution is -0.136. The zero-order chi connectivity index (χ0) is 11.3. The standard InChI is InChI=1S/C9H14N2O3S/c1-6(2)9-10-7(14-11-9)5-15-4-3-8(12)13/h6H,3-5H2,1-2H3,(H,12,13). The number of nitrogens with zero attached hydrogens (tertiary/aromatic N) is 2. The van der Waals surface area contributed by atoms with Crippen LogP contribution >= 0.6 is 11.8 Å². The predicted molar refractivity (Wildman–Crippen MR) is 56.8 cm³/mol. The minimum atomic E-state index is -0.782. The first-order chi connectivity index (χ1) is 7.09. The van der Waals surface area contributed by atoms with Gasteiger partial charge in [-0.3, -0.25) is 4.79 Å². The van der Waals surface area contributed by atoms with Gasteiger partial charge in [0.15, 0.2) is 5.82 Å². The molecule has 0 aliphatic rings. The molecule has 15 heavy (non-hydrogen) atoms. The number of carboxylic acid groups (broad SMARTS) is 1. The van der Waals surface area contributed by atoms with Crippen LogP contribution < -0.4 is 0 Å². The molecule has 1 heterocycles. The molecule has 0 saturated carbocycles. The Morgan fingerprint density at radius 1 is 1.60 bits per heavy atom. The summed E-state index contributed by atoms with van der Waals surface area (Å²) in [6.07, 6.45) is 0.163. The fraction of sp³-hybridized carbons (Fsp3) is 0.667. The van der Waals surface area contributed by atoms with E-state index in [0.29, 0.717) is 23.2 Å². The summed E-state index contributed by atoms with van der Waals surface area (Å²) in [6.45, 7) is 3.98. The number of hydrogen-bond acceptors (Lipinski definition) is 5. The van der Waals surface area contributed by atoms with Crippen LogP contribution in [0.2, 0.25) is 0 Å². The van der Waals surface area contributed by atoms with Crippen LogP contribution in [0.15, 0.2) is 4.52 Å². The van der Waals surface area contributed by atoms with E-state index in [4.69, 9.17) is 9.63 Å². The van der Waals surface area contributed by atoms with Crippen molar-refractivity contribution < 1.29 is 14.4 Å². The number of rotatable bonds is 6. The second-order valence-corrected chi connectivity index (χ2v) is 4.50. The highest BCUT2D eigenvalue weighted by Crippen LogP contribution is 2.14. The third-order valence-electron chi connectivity index (χ3n) is 1.69. The summed E-state index contributed by atoms with van der Waals surface area (Å²) in [5, 5.41) is 12.2. The van der Waals surface area contributed by atoms with Gasteiger partial charge in [0, 0.05) is 11.7 Å². The van der Waals surface area contributed by atoms with Gasteiger partial charge in [0.2, 0.25) is 5.89 Å². The summed E-state index contributed by atoms with van der Waals surface area (Å²) < 4.78 is 5.00.